The van der Waals surface area contributed by atoms with E-state index in [9.17, 15) is 0 Å². The van der Waals surface area contributed by atoms with Gasteiger partial charge in [-0.15, -0.1) is 0 Å². The van der Waals surface area contributed by atoms with E-state index in [0.717, 1.165) is 26.2 Å². The first kappa shape index (κ1) is 14.3. The van der Waals surface area contributed by atoms with Crippen molar-refractivity contribution in [2.24, 2.45) is 5.84 Å². The number of nitrogens with one attached hydrogen (secondary N) is 1. The summed E-state index contributed by atoms with van der Waals surface area (Å²) in [4.78, 5) is 17.7. The summed E-state index contributed by atoms with van der Waals surface area (Å²) < 4.78 is 5.76. The number of nitrogens with two attached hydrogens (primary N) is 1. The van der Waals surface area contributed by atoms with E-state index in [1.165, 1.54) is 12.8 Å². The molecule has 2 aliphatic heterocycles. The minimum Gasteiger partial charge on any atom is -0.372 e. The highest BCUT2D eigenvalue weighted by molar-refractivity contribution is 5.45. The number of rotatable bonds is 3. The molecule has 8 heteroatoms. The van der Waals surface area contributed by atoms with Gasteiger partial charge in [-0.05, 0) is 26.7 Å². The predicted molar refractivity (Wildman–Crippen MR) is 81.3 cm³/mol. The van der Waals surface area contributed by atoms with Gasteiger partial charge in [0.2, 0.25) is 17.8 Å². The molecule has 1 aromatic heterocycles. The Bertz CT molecular complexity index is 481. The van der Waals surface area contributed by atoms with Crippen LogP contribution in [-0.2, 0) is 4.74 Å². The monoisotopic (exact) mass is 293 g/mol. The summed E-state index contributed by atoms with van der Waals surface area (Å²) in [5, 5.41) is 0. The van der Waals surface area contributed by atoms with Crippen molar-refractivity contribution >= 4 is 17.8 Å². The number of hydrogen-bond donors (Lipinski definition) is 2. The molecule has 0 unspecified atom stereocenters. The summed E-state index contributed by atoms with van der Waals surface area (Å²) in [6.07, 6.45) is 2.68. The molecule has 2 fully saturated rings. The maximum absolute atomic E-state index is 5.76. The molecular weight excluding hydrogens is 270 g/mol. The summed E-state index contributed by atoms with van der Waals surface area (Å²) in [6, 6.07) is 0. The number of hydrogen-bond acceptors (Lipinski definition) is 8. The maximum Gasteiger partial charge on any atom is 0.243 e. The highest BCUT2D eigenvalue weighted by Crippen LogP contribution is 2.22. The van der Waals surface area contributed by atoms with Gasteiger partial charge in [-0.25, -0.2) is 5.84 Å². The molecule has 1 aromatic rings. The van der Waals surface area contributed by atoms with Gasteiger partial charge >= 0.3 is 0 Å². The molecule has 3 N–H and O–H groups in total. The van der Waals surface area contributed by atoms with Crippen molar-refractivity contribution in [2.45, 2.75) is 38.9 Å². The Morgan fingerprint density at radius 2 is 1.57 bits per heavy atom. The second-order valence-electron chi connectivity index (χ2n) is 5.76. The molecule has 3 heterocycles. The minimum atomic E-state index is 0.162. The van der Waals surface area contributed by atoms with E-state index in [2.05, 4.69) is 44.0 Å². The van der Waals surface area contributed by atoms with Crippen LogP contribution in [0.15, 0.2) is 0 Å². The molecule has 8 nitrogen and oxygen atoms in total. The molecule has 21 heavy (non-hydrogen) atoms. The lowest BCUT2D eigenvalue weighted by Gasteiger charge is -2.35. The molecule has 0 amide bonds. The molecule has 0 bridgehead atoms. The Balaban J connectivity index is 1.88. The fourth-order valence-electron chi connectivity index (χ4n) is 2.96. The van der Waals surface area contributed by atoms with Crippen LogP contribution in [0.5, 0.6) is 0 Å². The molecule has 3 rings (SSSR count). The van der Waals surface area contributed by atoms with E-state index in [1.54, 1.807) is 0 Å². The number of aromatic nitrogens is 3. The van der Waals surface area contributed by atoms with Crippen LogP contribution < -0.4 is 21.1 Å². The number of nitrogen functional groups attached to an aromatic ring is 1. The zero-order chi connectivity index (χ0) is 14.8. The standard InChI is InChI=1S/C13H23N7O/c1-9-7-20(8-10(2)21-9)13-16-11(18-14)15-12(17-13)19-5-3-4-6-19/h9-10H,3-8,14H2,1-2H3,(H,15,16,17,18)/t9-,10+. The number of morpholine rings is 1. The van der Waals surface area contributed by atoms with Crippen molar-refractivity contribution in [1.82, 2.24) is 15.0 Å². The number of nitrogens with zero attached hydrogens (tertiary/aromatic N) is 5. The summed E-state index contributed by atoms with van der Waals surface area (Å²) in [5.41, 5.74) is 2.55. The smallest absolute Gasteiger partial charge is 0.243 e. The minimum absolute atomic E-state index is 0.162. The number of hydrazine groups is 1. The summed E-state index contributed by atoms with van der Waals surface area (Å²) in [7, 11) is 0. The van der Waals surface area contributed by atoms with Gasteiger partial charge in [-0.1, -0.05) is 0 Å². The molecular formula is C13H23N7O. The lowest BCUT2D eigenvalue weighted by molar-refractivity contribution is -0.00572. The van der Waals surface area contributed by atoms with Crippen molar-refractivity contribution in [3.05, 3.63) is 0 Å². The van der Waals surface area contributed by atoms with Crippen LogP contribution in [0, 0.1) is 0 Å². The number of ether oxygens (including phenoxy) is 1. The fourth-order valence-corrected chi connectivity index (χ4v) is 2.96. The van der Waals surface area contributed by atoms with Crippen LogP contribution in [0.1, 0.15) is 26.7 Å². The Hall–Kier alpha value is -1.67. The van der Waals surface area contributed by atoms with Crippen molar-refractivity contribution in [2.75, 3.05) is 41.4 Å². The van der Waals surface area contributed by atoms with Gasteiger partial charge in [0.1, 0.15) is 0 Å². The van der Waals surface area contributed by atoms with Crippen LogP contribution in [0.25, 0.3) is 0 Å². The van der Waals surface area contributed by atoms with Crippen molar-refractivity contribution in [3.63, 3.8) is 0 Å². The van der Waals surface area contributed by atoms with Crippen LogP contribution in [-0.4, -0.2) is 53.3 Å². The summed E-state index contributed by atoms with van der Waals surface area (Å²) >= 11 is 0. The van der Waals surface area contributed by atoms with E-state index in [0.29, 0.717) is 17.8 Å². The van der Waals surface area contributed by atoms with Gasteiger partial charge < -0.3 is 14.5 Å². The fraction of sp³-hybridized carbons (Fsp3) is 0.769. The first-order valence-corrected chi connectivity index (χ1v) is 7.54. The quantitative estimate of drug-likeness (QED) is 0.610. The molecule has 116 valence electrons. The van der Waals surface area contributed by atoms with Gasteiger partial charge in [-0.3, -0.25) is 5.43 Å². The highest BCUT2D eigenvalue weighted by Gasteiger charge is 2.26. The summed E-state index contributed by atoms with van der Waals surface area (Å²) in [6.45, 7) is 7.66. The van der Waals surface area contributed by atoms with E-state index in [1.807, 2.05) is 0 Å². The molecule has 0 aliphatic carbocycles. The Kier molecular flexibility index (Phi) is 4.07. The van der Waals surface area contributed by atoms with E-state index in [4.69, 9.17) is 10.6 Å². The Morgan fingerprint density at radius 1 is 1.00 bits per heavy atom. The average Bonchev–Trinajstić information content (AvgIpc) is 3.00. The first-order valence-electron chi connectivity index (χ1n) is 7.54. The second kappa shape index (κ2) is 5.98. The SMILES string of the molecule is C[C@@H]1CN(c2nc(NN)nc(N3CCCC3)n2)C[C@H](C)O1. The van der Waals surface area contributed by atoms with Crippen molar-refractivity contribution in [1.29, 1.82) is 0 Å². The molecule has 0 spiro atoms. The topological polar surface area (TPSA) is 92.4 Å². The maximum atomic E-state index is 5.76. The third-order valence-electron chi connectivity index (χ3n) is 3.83. The Morgan fingerprint density at radius 3 is 2.14 bits per heavy atom. The molecule has 0 aromatic carbocycles. The highest BCUT2D eigenvalue weighted by atomic mass is 16.5. The van der Waals surface area contributed by atoms with Crippen molar-refractivity contribution in [3.8, 4) is 0 Å². The molecule has 2 saturated heterocycles. The van der Waals surface area contributed by atoms with Crippen LogP contribution in [0.2, 0.25) is 0 Å². The molecule has 2 aliphatic rings. The lowest BCUT2D eigenvalue weighted by atomic mass is 10.2. The van der Waals surface area contributed by atoms with Gasteiger partial charge in [0.05, 0.1) is 12.2 Å². The van der Waals surface area contributed by atoms with Gasteiger partial charge in [0, 0.05) is 26.2 Å². The lowest BCUT2D eigenvalue weighted by Crippen LogP contribution is -2.46. The van der Waals surface area contributed by atoms with E-state index < -0.39 is 0 Å². The Labute approximate surface area is 124 Å². The van der Waals surface area contributed by atoms with Crippen LogP contribution in [0.3, 0.4) is 0 Å². The van der Waals surface area contributed by atoms with Gasteiger partial charge in [0.25, 0.3) is 0 Å². The van der Waals surface area contributed by atoms with E-state index >= 15 is 0 Å². The third kappa shape index (κ3) is 3.16. The van der Waals surface area contributed by atoms with Gasteiger partial charge in [0.15, 0.2) is 0 Å². The van der Waals surface area contributed by atoms with Crippen molar-refractivity contribution < 1.29 is 4.74 Å². The third-order valence-corrected chi connectivity index (χ3v) is 3.83. The normalized spacial score (nSPS) is 26.2. The largest absolute Gasteiger partial charge is 0.372 e. The zero-order valence-electron chi connectivity index (χ0n) is 12.6. The van der Waals surface area contributed by atoms with Gasteiger partial charge in [-0.2, -0.15) is 15.0 Å². The zero-order valence-corrected chi connectivity index (χ0v) is 12.6. The van der Waals surface area contributed by atoms with E-state index in [-0.39, 0.29) is 12.2 Å². The summed E-state index contributed by atoms with van der Waals surface area (Å²) in [5.74, 6) is 7.29. The molecule has 0 radical (unpaired) electrons. The average molecular weight is 293 g/mol. The number of anilines is 3. The predicted octanol–water partition coefficient (Wildman–Crippen LogP) is 0.371. The molecule has 2 atom stereocenters. The molecule has 0 saturated carbocycles. The van der Waals surface area contributed by atoms with Crippen LogP contribution in [0.4, 0.5) is 17.8 Å². The second-order valence-corrected chi connectivity index (χ2v) is 5.76. The first-order chi connectivity index (χ1) is 10.2. The van der Waals surface area contributed by atoms with Crippen LogP contribution >= 0.6 is 0 Å².